The number of isothiocyanates is 1. The summed E-state index contributed by atoms with van der Waals surface area (Å²) in [6.07, 6.45) is 3.30. The highest BCUT2D eigenvalue weighted by Gasteiger charge is 2.30. The van der Waals surface area contributed by atoms with E-state index >= 15 is 0 Å². The summed E-state index contributed by atoms with van der Waals surface area (Å²) in [5, 5.41) is 5.33. The van der Waals surface area contributed by atoms with Gasteiger partial charge in [-0.15, -0.1) is 0 Å². The third-order valence-electron chi connectivity index (χ3n) is 4.08. The Morgan fingerprint density at radius 1 is 1.33 bits per heavy atom. The van der Waals surface area contributed by atoms with Crippen molar-refractivity contribution in [3.63, 3.8) is 0 Å². The maximum atomic E-state index is 12.2. The Labute approximate surface area is 145 Å². The molecule has 1 aliphatic carbocycles. The summed E-state index contributed by atoms with van der Waals surface area (Å²) in [6.45, 7) is 0. The zero-order valence-corrected chi connectivity index (χ0v) is 14.0. The average molecular weight is 339 g/mol. The standard InChI is InChI=1S/C18H17N3O2S/c1-23-16-4-2-3-12(7-16)13-5-6-17(19-10-13)18(22)21-15-8-14(9-15)20-11-24/h2-7,10,14-15H,8-9H2,1H3,(H,21,22). The number of aromatic nitrogens is 1. The molecule has 0 saturated heterocycles. The molecule has 0 spiro atoms. The summed E-state index contributed by atoms with van der Waals surface area (Å²) < 4.78 is 5.22. The first-order valence-corrected chi connectivity index (χ1v) is 8.08. The molecule has 0 bridgehead atoms. The van der Waals surface area contributed by atoms with Crippen LogP contribution >= 0.6 is 12.2 Å². The zero-order valence-electron chi connectivity index (χ0n) is 13.2. The van der Waals surface area contributed by atoms with Crippen LogP contribution < -0.4 is 10.1 Å². The molecule has 1 aromatic heterocycles. The fraction of sp³-hybridized carbons (Fsp3) is 0.278. The van der Waals surface area contributed by atoms with E-state index in [2.05, 4.69) is 32.7 Å². The van der Waals surface area contributed by atoms with Crippen molar-refractivity contribution in [1.82, 2.24) is 10.3 Å². The minimum Gasteiger partial charge on any atom is -0.497 e. The van der Waals surface area contributed by atoms with Crippen molar-refractivity contribution in [2.24, 2.45) is 4.99 Å². The maximum Gasteiger partial charge on any atom is 0.270 e. The van der Waals surface area contributed by atoms with Crippen LogP contribution in [0.3, 0.4) is 0 Å². The molecule has 1 saturated carbocycles. The van der Waals surface area contributed by atoms with Crippen molar-refractivity contribution >= 4 is 23.3 Å². The minimum atomic E-state index is -0.165. The summed E-state index contributed by atoms with van der Waals surface area (Å²) in [5.74, 6) is 0.620. The number of thiocarbonyl (C=S) groups is 1. The van der Waals surface area contributed by atoms with Gasteiger partial charge in [0.25, 0.3) is 5.91 Å². The number of aliphatic imine (C=N–C) groups is 1. The van der Waals surface area contributed by atoms with Crippen molar-refractivity contribution in [2.75, 3.05) is 7.11 Å². The lowest BCUT2D eigenvalue weighted by Crippen LogP contribution is -2.46. The van der Waals surface area contributed by atoms with Crippen molar-refractivity contribution in [3.05, 3.63) is 48.3 Å². The molecule has 0 unspecified atom stereocenters. The maximum absolute atomic E-state index is 12.2. The number of methoxy groups -OCH3 is 1. The van der Waals surface area contributed by atoms with Crippen molar-refractivity contribution in [2.45, 2.75) is 24.9 Å². The Kier molecular flexibility index (Phi) is 4.99. The van der Waals surface area contributed by atoms with Gasteiger partial charge >= 0.3 is 0 Å². The second-order valence-corrected chi connectivity index (χ2v) is 5.86. The highest BCUT2D eigenvalue weighted by molar-refractivity contribution is 7.78. The van der Waals surface area contributed by atoms with Gasteiger partial charge in [0.15, 0.2) is 0 Å². The van der Waals surface area contributed by atoms with E-state index in [1.165, 1.54) is 0 Å². The van der Waals surface area contributed by atoms with E-state index in [1.54, 1.807) is 19.4 Å². The van der Waals surface area contributed by atoms with Crippen LogP contribution in [0.1, 0.15) is 23.3 Å². The quantitative estimate of drug-likeness (QED) is 0.671. The number of rotatable bonds is 5. The Bertz CT molecular complexity index is 779. The van der Waals surface area contributed by atoms with Gasteiger partial charge in [0.2, 0.25) is 0 Å². The van der Waals surface area contributed by atoms with Gasteiger partial charge < -0.3 is 10.1 Å². The smallest absolute Gasteiger partial charge is 0.270 e. The molecule has 24 heavy (non-hydrogen) atoms. The van der Waals surface area contributed by atoms with Crippen LogP contribution in [0.15, 0.2) is 47.6 Å². The van der Waals surface area contributed by atoms with E-state index in [9.17, 15) is 4.79 Å². The van der Waals surface area contributed by atoms with Crippen LogP contribution in [0.2, 0.25) is 0 Å². The first kappa shape index (κ1) is 16.3. The zero-order chi connectivity index (χ0) is 16.9. The second-order valence-electron chi connectivity index (χ2n) is 5.68. The molecule has 1 N–H and O–H groups in total. The van der Waals surface area contributed by atoms with E-state index in [0.29, 0.717) is 5.69 Å². The average Bonchev–Trinajstić information content (AvgIpc) is 2.60. The number of nitrogens with zero attached hydrogens (tertiary/aromatic N) is 2. The molecular formula is C18H17N3O2S. The molecule has 2 aromatic rings. The molecule has 0 atom stereocenters. The molecule has 1 fully saturated rings. The van der Waals surface area contributed by atoms with Crippen LogP contribution in [-0.2, 0) is 0 Å². The first-order chi connectivity index (χ1) is 11.7. The summed E-state index contributed by atoms with van der Waals surface area (Å²) in [4.78, 5) is 20.5. The Balaban J connectivity index is 1.64. The first-order valence-electron chi connectivity index (χ1n) is 7.68. The fourth-order valence-electron chi connectivity index (χ4n) is 2.65. The van der Waals surface area contributed by atoms with E-state index in [4.69, 9.17) is 4.74 Å². The number of ether oxygens (including phenoxy) is 1. The van der Waals surface area contributed by atoms with E-state index in [-0.39, 0.29) is 18.0 Å². The van der Waals surface area contributed by atoms with Gasteiger partial charge in [-0.2, -0.15) is 0 Å². The number of amides is 1. The second kappa shape index (κ2) is 7.34. The van der Waals surface area contributed by atoms with Gasteiger partial charge in [-0.3, -0.25) is 9.78 Å². The molecule has 1 amide bonds. The highest BCUT2D eigenvalue weighted by atomic mass is 32.1. The number of carbonyl (C=O) groups is 1. The van der Waals surface area contributed by atoms with Crippen molar-refractivity contribution in [1.29, 1.82) is 0 Å². The van der Waals surface area contributed by atoms with Crippen LogP contribution in [0.5, 0.6) is 5.75 Å². The Morgan fingerprint density at radius 3 is 2.83 bits per heavy atom. The summed E-state index contributed by atoms with van der Waals surface area (Å²) in [5.41, 5.74) is 2.33. The Hall–Kier alpha value is -2.56. The lowest BCUT2D eigenvalue weighted by atomic mass is 9.87. The molecule has 1 aliphatic rings. The number of hydrogen-bond donors (Lipinski definition) is 1. The molecule has 1 aromatic carbocycles. The van der Waals surface area contributed by atoms with Crippen molar-refractivity contribution < 1.29 is 9.53 Å². The minimum absolute atomic E-state index is 0.134. The van der Waals surface area contributed by atoms with Gasteiger partial charge in [0.1, 0.15) is 11.4 Å². The number of benzene rings is 1. The van der Waals surface area contributed by atoms with E-state index < -0.39 is 0 Å². The lowest BCUT2D eigenvalue weighted by molar-refractivity contribution is 0.0905. The van der Waals surface area contributed by atoms with Gasteiger partial charge in [0, 0.05) is 17.8 Å². The third kappa shape index (κ3) is 3.67. The summed E-state index contributed by atoms with van der Waals surface area (Å²) in [7, 11) is 1.63. The monoisotopic (exact) mass is 339 g/mol. The summed E-state index contributed by atoms with van der Waals surface area (Å²) in [6, 6.07) is 11.7. The summed E-state index contributed by atoms with van der Waals surface area (Å²) >= 11 is 4.58. The number of hydrogen-bond acceptors (Lipinski definition) is 5. The number of nitrogens with one attached hydrogen (secondary N) is 1. The molecule has 1 heterocycles. The molecular weight excluding hydrogens is 322 g/mol. The normalized spacial score (nSPS) is 18.9. The molecule has 6 heteroatoms. The largest absolute Gasteiger partial charge is 0.497 e. The lowest BCUT2D eigenvalue weighted by Gasteiger charge is -2.32. The van der Waals surface area contributed by atoms with Gasteiger partial charge in [-0.25, -0.2) is 4.99 Å². The molecule has 5 nitrogen and oxygen atoms in total. The van der Waals surface area contributed by atoms with Crippen LogP contribution in [-0.4, -0.2) is 35.2 Å². The van der Waals surface area contributed by atoms with E-state index in [0.717, 1.165) is 29.7 Å². The van der Waals surface area contributed by atoms with Gasteiger partial charge in [0.05, 0.1) is 18.3 Å². The number of carbonyl (C=O) groups excluding carboxylic acids is 1. The molecule has 0 aliphatic heterocycles. The van der Waals surface area contributed by atoms with Crippen LogP contribution in [0.4, 0.5) is 0 Å². The highest BCUT2D eigenvalue weighted by Crippen LogP contribution is 2.24. The fourth-order valence-corrected chi connectivity index (χ4v) is 2.80. The van der Waals surface area contributed by atoms with Gasteiger partial charge in [-0.1, -0.05) is 18.2 Å². The molecule has 122 valence electrons. The SMILES string of the molecule is COc1cccc(-c2ccc(C(=O)NC3CC(N=C=S)C3)nc2)c1. The Morgan fingerprint density at radius 2 is 2.17 bits per heavy atom. The van der Waals surface area contributed by atoms with Gasteiger partial charge in [-0.05, 0) is 48.8 Å². The predicted octanol–water partition coefficient (Wildman–Crippen LogP) is 3.12. The topological polar surface area (TPSA) is 63.6 Å². The van der Waals surface area contributed by atoms with Crippen molar-refractivity contribution in [3.8, 4) is 16.9 Å². The van der Waals surface area contributed by atoms with Crippen LogP contribution in [0.25, 0.3) is 11.1 Å². The molecule has 0 radical (unpaired) electrons. The van der Waals surface area contributed by atoms with E-state index in [1.807, 2.05) is 30.3 Å². The number of pyridine rings is 1. The third-order valence-corrected chi connectivity index (χ3v) is 4.19. The predicted molar refractivity (Wildman–Crippen MR) is 95.5 cm³/mol. The molecule has 3 rings (SSSR count). The van der Waals surface area contributed by atoms with Crippen LogP contribution in [0, 0.1) is 0 Å².